The lowest BCUT2D eigenvalue weighted by atomic mass is 10.00. The summed E-state index contributed by atoms with van der Waals surface area (Å²) in [7, 11) is 0. The molecule has 4 heteroatoms. The zero-order valence-electron chi connectivity index (χ0n) is 12.5. The topological polar surface area (TPSA) is 3.24 Å². The molecule has 2 aromatic carbocycles. The minimum Gasteiger partial charge on any atom is -0.299 e. The van der Waals surface area contributed by atoms with Crippen LogP contribution >= 0.6 is 24.2 Å². The smallest absolute Gasteiger partial charge is 0.123 e. The van der Waals surface area contributed by atoms with E-state index in [2.05, 4.69) is 29.2 Å². The van der Waals surface area contributed by atoms with Crippen LogP contribution < -0.4 is 0 Å². The Morgan fingerprint density at radius 1 is 1.00 bits per heavy atom. The van der Waals surface area contributed by atoms with Crippen molar-refractivity contribution in [2.24, 2.45) is 0 Å². The van der Waals surface area contributed by atoms with Gasteiger partial charge in [-0.1, -0.05) is 24.3 Å². The van der Waals surface area contributed by atoms with Gasteiger partial charge in [0, 0.05) is 18.0 Å². The fourth-order valence-corrected chi connectivity index (χ4v) is 3.59. The van der Waals surface area contributed by atoms with E-state index >= 15 is 0 Å². The molecule has 2 aromatic rings. The van der Waals surface area contributed by atoms with Gasteiger partial charge in [0.2, 0.25) is 0 Å². The predicted molar refractivity (Wildman–Crippen MR) is 94.4 cm³/mol. The molecule has 1 heterocycles. The van der Waals surface area contributed by atoms with Gasteiger partial charge in [0.1, 0.15) is 5.82 Å². The number of halogens is 2. The molecular weight excluding hydrogens is 317 g/mol. The number of fused-ring (bicyclic) bond motifs is 1. The van der Waals surface area contributed by atoms with Crippen molar-refractivity contribution in [1.82, 2.24) is 4.90 Å². The van der Waals surface area contributed by atoms with E-state index in [0.29, 0.717) is 0 Å². The zero-order valence-corrected chi connectivity index (χ0v) is 14.1. The average Bonchev–Trinajstić information content (AvgIpc) is 2.53. The van der Waals surface area contributed by atoms with Crippen LogP contribution in [0.15, 0.2) is 53.4 Å². The summed E-state index contributed by atoms with van der Waals surface area (Å²) in [5.74, 6) is 0.926. The summed E-state index contributed by atoms with van der Waals surface area (Å²) in [6.07, 6.45) is 2.34. The molecule has 0 bridgehead atoms. The molecule has 0 saturated heterocycles. The van der Waals surface area contributed by atoms with E-state index < -0.39 is 0 Å². The van der Waals surface area contributed by atoms with E-state index in [0.717, 1.165) is 30.3 Å². The molecule has 1 nitrogen and oxygen atoms in total. The van der Waals surface area contributed by atoms with Gasteiger partial charge in [-0.3, -0.25) is 4.90 Å². The molecular formula is C18H21ClFNS. The van der Waals surface area contributed by atoms with E-state index in [9.17, 15) is 4.39 Å². The number of nitrogens with zero attached hydrogens (tertiary/aromatic N) is 1. The lowest BCUT2D eigenvalue weighted by molar-refractivity contribution is 0.255. The normalized spacial score (nSPS) is 14.2. The van der Waals surface area contributed by atoms with Gasteiger partial charge in [0.05, 0.1) is 0 Å². The monoisotopic (exact) mass is 337 g/mol. The molecule has 118 valence electrons. The molecule has 0 aromatic heterocycles. The quantitative estimate of drug-likeness (QED) is 0.570. The van der Waals surface area contributed by atoms with Crippen LogP contribution in [0.1, 0.15) is 17.5 Å². The molecule has 0 aliphatic carbocycles. The van der Waals surface area contributed by atoms with Crippen molar-refractivity contribution < 1.29 is 4.39 Å². The molecule has 22 heavy (non-hydrogen) atoms. The highest BCUT2D eigenvalue weighted by Crippen LogP contribution is 2.21. The Labute approximate surface area is 142 Å². The summed E-state index contributed by atoms with van der Waals surface area (Å²) in [6, 6.07) is 15.5. The van der Waals surface area contributed by atoms with Gasteiger partial charge in [0.25, 0.3) is 0 Å². The molecule has 0 atom stereocenters. The molecule has 0 amide bonds. The minimum absolute atomic E-state index is 0. The maximum Gasteiger partial charge on any atom is 0.123 e. The molecule has 1 aliphatic rings. The van der Waals surface area contributed by atoms with Crippen molar-refractivity contribution in [3.05, 3.63) is 65.5 Å². The third-order valence-corrected chi connectivity index (χ3v) is 5.01. The van der Waals surface area contributed by atoms with Crippen LogP contribution in [0.25, 0.3) is 0 Å². The zero-order chi connectivity index (χ0) is 14.5. The Morgan fingerprint density at radius 3 is 2.50 bits per heavy atom. The minimum atomic E-state index is -0.161. The molecule has 0 unspecified atom stereocenters. The van der Waals surface area contributed by atoms with Crippen LogP contribution in [-0.2, 0) is 13.0 Å². The lowest BCUT2D eigenvalue weighted by Gasteiger charge is -2.28. The highest BCUT2D eigenvalue weighted by molar-refractivity contribution is 7.99. The van der Waals surface area contributed by atoms with Crippen molar-refractivity contribution in [2.75, 3.05) is 18.8 Å². The van der Waals surface area contributed by atoms with E-state index in [1.54, 1.807) is 0 Å². The Morgan fingerprint density at radius 2 is 1.73 bits per heavy atom. The van der Waals surface area contributed by atoms with Crippen LogP contribution in [0.3, 0.4) is 0 Å². The van der Waals surface area contributed by atoms with Crippen LogP contribution in [0.2, 0.25) is 0 Å². The second-order valence-electron chi connectivity index (χ2n) is 5.45. The SMILES string of the molecule is Cl.Fc1ccc(SCCCN2CCc3ccccc3C2)cc1. The Bertz CT molecular complexity index is 588. The summed E-state index contributed by atoms with van der Waals surface area (Å²) in [6.45, 7) is 3.39. The summed E-state index contributed by atoms with van der Waals surface area (Å²) in [5.41, 5.74) is 2.99. The van der Waals surface area contributed by atoms with Gasteiger partial charge < -0.3 is 0 Å². The van der Waals surface area contributed by atoms with Crippen molar-refractivity contribution in [3.8, 4) is 0 Å². The van der Waals surface area contributed by atoms with E-state index in [1.807, 2.05) is 23.9 Å². The fraction of sp³-hybridized carbons (Fsp3) is 0.333. The highest BCUT2D eigenvalue weighted by atomic mass is 35.5. The maximum atomic E-state index is 12.8. The fourth-order valence-electron chi connectivity index (χ4n) is 2.75. The van der Waals surface area contributed by atoms with Crippen LogP contribution in [0, 0.1) is 5.82 Å². The lowest BCUT2D eigenvalue weighted by Crippen LogP contribution is -2.31. The first-order chi connectivity index (χ1) is 10.3. The van der Waals surface area contributed by atoms with Crippen molar-refractivity contribution in [1.29, 1.82) is 0 Å². The van der Waals surface area contributed by atoms with Crippen LogP contribution in [0.4, 0.5) is 4.39 Å². The Hall–Kier alpha value is -1.03. The predicted octanol–water partition coefficient (Wildman–Crippen LogP) is 4.79. The van der Waals surface area contributed by atoms with Crippen molar-refractivity contribution >= 4 is 24.2 Å². The third-order valence-electron chi connectivity index (χ3n) is 3.91. The average molecular weight is 338 g/mol. The largest absolute Gasteiger partial charge is 0.299 e. The standard InChI is InChI=1S/C18H20FNS.ClH/c19-17-6-8-18(9-7-17)21-13-3-11-20-12-10-15-4-1-2-5-16(15)14-20;/h1-2,4-9H,3,10-14H2;1H. The van der Waals surface area contributed by atoms with Gasteiger partial charge in [-0.05, 0) is 60.5 Å². The number of hydrogen-bond donors (Lipinski definition) is 0. The Kier molecular flexibility index (Phi) is 6.74. The second-order valence-corrected chi connectivity index (χ2v) is 6.62. The number of benzene rings is 2. The van der Waals surface area contributed by atoms with Crippen molar-refractivity contribution in [3.63, 3.8) is 0 Å². The van der Waals surface area contributed by atoms with E-state index in [-0.39, 0.29) is 18.2 Å². The second kappa shape index (κ2) is 8.56. The van der Waals surface area contributed by atoms with E-state index in [4.69, 9.17) is 0 Å². The molecule has 0 saturated carbocycles. The molecule has 3 rings (SSSR count). The summed E-state index contributed by atoms with van der Waals surface area (Å²) in [4.78, 5) is 3.69. The number of rotatable bonds is 5. The van der Waals surface area contributed by atoms with Crippen LogP contribution in [-0.4, -0.2) is 23.7 Å². The van der Waals surface area contributed by atoms with Crippen molar-refractivity contribution in [2.45, 2.75) is 24.3 Å². The molecule has 1 aliphatic heterocycles. The summed E-state index contributed by atoms with van der Waals surface area (Å²) in [5, 5.41) is 0. The molecule has 0 spiro atoms. The van der Waals surface area contributed by atoms with Crippen LogP contribution in [0.5, 0.6) is 0 Å². The molecule has 0 N–H and O–H groups in total. The number of hydrogen-bond acceptors (Lipinski definition) is 2. The van der Waals surface area contributed by atoms with Gasteiger partial charge in [0.15, 0.2) is 0 Å². The third kappa shape index (κ3) is 4.73. The van der Waals surface area contributed by atoms with Gasteiger partial charge in [-0.15, -0.1) is 24.2 Å². The van der Waals surface area contributed by atoms with Gasteiger partial charge >= 0.3 is 0 Å². The molecule has 0 radical (unpaired) electrons. The summed E-state index contributed by atoms with van der Waals surface area (Å²) >= 11 is 1.81. The molecule has 0 fully saturated rings. The van der Waals surface area contributed by atoms with Gasteiger partial charge in [-0.2, -0.15) is 0 Å². The first kappa shape index (κ1) is 17.3. The number of thioether (sulfide) groups is 1. The highest BCUT2D eigenvalue weighted by Gasteiger charge is 2.14. The maximum absolute atomic E-state index is 12.8. The Balaban J connectivity index is 0.00000176. The van der Waals surface area contributed by atoms with E-state index in [1.165, 1.54) is 36.1 Å². The first-order valence-corrected chi connectivity index (χ1v) is 8.47. The van der Waals surface area contributed by atoms with Gasteiger partial charge in [-0.25, -0.2) is 4.39 Å². The first-order valence-electron chi connectivity index (χ1n) is 7.49. The summed E-state index contributed by atoms with van der Waals surface area (Å²) < 4.78 is 12.8.